The van der Waals surface area contributed by atoms with Crippen LogP contribution in [0.3, 0.4) is 0 Å². The molecule has 0 aliphatic carbocycles. The summed E-state index contributed by atoms with van der Waals surface area (Å²) in [5.74, 6) is 4.33. The van der Waals surface area contributed by atoms with Crippen LogP contribution < -0.4 is 5.32 Å². The number of carboxylic acids is 1. The average molecular weight is 238 g/mol. The Balaban J connectivity index is 2.38. The number of carbonyl (C=O) groups excluding carboxylic acids is 1. The number of nitrogens with zero attached hydrogens (tertiary/aromatic N) is 1. The summed E-state index contributed by atoms with van der Waals surface area (Å²) in [5, 5.41) is 11.7. The van der Waals surface area contributed by atoms with E-state index in [1.54, 1.807) is 11.8 Å². The number of amides is 2. The van der Waals surface area contributed by atoms with E-state index in [1.165, 1.54) is 0 Å². The lowest BCUT2D eigenvalue weighted by Crippen LogP contribution is -2.39. The Labute approximate surface area is 101 Å². The Hall–Kier alpha value is -1.70. The third kappa shape index (κ3) is 3.66. The minimum Gasteiger partial charge on any atom is -0.481 e. The summed E-state index contributed by atoms with van der Waals surface area (Å²) in [5.41, 5.74) is 0. The second kappa shape index (κ2) is 6.14. The number of urea groups is 1. The van der Waals surface area contributed by atoms with E-state index in [2.05, 4.69) is 17.2 Å². The van der Waals surface area contributed by atoms with Crippen LogP contribution in [0.1, 0.15) is 20.3 Å². The molecular weight excluding hydrogens is 220 g/mol. The number of hydrogen-bond acceptors (Lipinski definition) is 2. The number of aliphatic carboxylic acids is 1. The van der Waals surface area contributed by atoms with Crippen molar-refractivity contribution in [1.29, 1.82) is 0 Å². The molecule has 1 saturated heterocycles. The van der Waals surface area contributed by atoms with Gasteiger partial charge in [0.25, 0.3) is 0 Å². The molecule has 1 heterocycles. The minimum atomic E-state index is -0.829. The molecule has 1 aliphatic rings. The zero-order valence-corrected chi connectivity index (χ0v) is 10.2. The third-order valence-corrected chi connectivity index (χ3v) is 2.92. The summed E-state index contributed by atoms with van der Waals surface area (Å²) in [6.45, 7) is 4.91. The second-order valence-electron chi connectivity index (χ2n) is 4.24. The molecule has 17 heavy (non-hydrogen) atoms. The quantitative estimate of drug-likeness (QED) is 0.563. The third-order valence-electron chi connectivity index (χ3n) is 2.92. The van der Waals surface area contributed by atoms with Crippen molar-refractivity contribution < 1.29 is 14.7 Å². The second-order valence-corrected chi connectivity index (χ2v) is 4.24. The molecular formula is C12H18N2O3. The van der Waals surface area contributed by atoms with Crippen LogP contribution in [0.2, 0.25) is 0 Å². The zero-order chi connectivity index (χ0) is 12.8. The van der Waals surface area contributed by atoms with Crippen LogP contribution in [0.5, 0.6) is 0 Å². The van der Waals surface area contributed by atoms with E-state index in [4.69, 9.17) is 5.11 Å². The molecule has 0 aromatic heterocycles. The molecule has 0 saturated carbocycles. The minimum absolute atomic E-state index is 0.00804. The first-order valence-corrected chi connectivity index (χ1v) is 5.71. The fourth-order valence-corrected chi connectivity index (χ4v) is 1.92. The van der Waals surface area contributed by atoms with Gasteiger partial charge in [-0.1, -0.05) is 6.92 Å². The largest absolute Gasteiger partial charge is 0.481 e. The fourth-order valence-electron chi connectivity index (χ4n) is 1.92. The monoisotopic (exact) mass is 238 g/mol. The smallest absolute Gasteiger partial charge is 0.317 e. The number of carboxylic acid groups (broad SMARTS) is 1. The first-order valence-electron chi connectivity index (χ1n) is 5.71. The number of nitrogens with one attached hydrogen (secondary N) is 1. The van der Waals surface area contributed by atoms with Crippen LogP contribution in [0.15, 0.2) is 0 Å². The van der Waals surface area contributed by atoms with E-state index in [9.17, 15) is 9.59 Å². The molecule has 0 aromatic rings. The van der Waals surface area contributed by atoms with Gasteiger partial charge in [0, 0.05) is 26.1 Å². The Morgan fingerprint density at radius 1 is 1.47 bits per heavy atom. The highest BCUT2D eigenvalue weighted by atomic mass is 16.4. The Morgan fingerprint density at radius 2 is 2.18 bits per heavy atom. The van der Waals surface area contributed by atoms with Crippen molar-refractivity contribution in [3.63, 3.8) is 0 Å². The molecule has 0 bridgehead atoms. The highest BCUT2D eigenvalue weighted by Crippen LogP contribution is 2.22. The number of carbonyl (C=O) groups is 2. The van der Waals surface area contributed by atoms with Crippen molar-refractivity contribution in [2.45, 2.75) is 20.3 Å². The maximum Gasteiger partial charge on any atom is 0.317 e. The van der Waals surface area contributed by atoms with Crippen molar-refractivity contribution in [3.05, 3.63) is 0 Å². The number of rotatable bonds is 3. The Kier molecular flexibility index (Phi) is 4.83. The molecule has 5 nitrogen and oxygen atoms in total. The van der Waals surface area contributed by atoms with Gasteiger partial charge in [-0.2, -0.15) is 0 Å². The predicted molar refractivity (Wildman–Crippen MR) is 63.3 cm³/mol. The number of hydrogen-bond donors (Lipinski definition) is 2. The average Bonchev–Trinajstić information content (AvgIpc) is 2.66. The molecule has 94 valence electrons. The molecule has 2 N–H and O–H groups in total. The van der Waals surface area contributed by atoms with Crippen LogP contribution in [0.4, 0.5) is 4.79 Å². The molecule has 2 atom stereocenters. The van der Waals surface area contributed by atoms with Crippen LogP contribution in [-0.2, 0) is 4.79 Å². The van der Waals surface area contributed by atoms with E-state index in [1.807, 2.05) is 6.92 Å². The van der Waals surface area contributed by atoms with E-state index in [0.717, 1.165) is 0 Å². The summed E-state index contributed by atoms with van der Waals surface area (Å²) in [6, 6.07) is -0.196. The highest BCUT2D eigenvalue weighted by molar-refractivity contribution is 5.77. The van der Waals surface area contributed by atoms with Crippen molar-refractivity contribution in [2.75, 3.05) is 19.6 Å². The van der Waals surface area contributed by atoms with E-state index < -0.39 is 11.9 Å². The van der Waals surface area contributed by atoms with Gasteiger partial charge in [-0.25, -0.2) is 4.79 Å². The van der Waals surface area contributed by atoms with Crippen molar-refractivity contribution >= 4 is 12.0 Å². The molecule has 2 amide bonds. The van der Waals surface area contributed by atoms with Crippen molar-refractivity contribution in [3.8, 4) is 11.8 Å². The van der Waals surface area contributed by atoms with Crippen LogP contribution in [0, 0.1) is 23.7 Å². The van der Waals surface area contributed by atoms with E-state index in [-0.39, 0.29) is 11.9 Å². The molecule has 0 aromatic carbocycles. The van der Waals surface area contributed by atoms with Crippen LogP contribution in [0.25, 0.3) is 0 Å². The summed E-state index contributed by atoms with van der Waals surface area (Å²) in [7, 11) is 0. The summed E-state index contributed by atoms with van der Waals surface area (Å²) >= 11 is 0. The first kappa shape index (κ1) is 13.4. The van der Waals surface area contributed by atoms with Crippen LogP contribution in [-0.4, -0.2) is 41.6 Å². The summed E-state index contributed by atoms with van der Waals surface area (Å²) < 4.78 is 0. The lowest BCUT2D eigenvalue weighted by Gasteiger charge is -2.16. The first-order chi connectivity index (χ1) is 8.06. The normalized spacial score (nSPS) is 22.8. The van der Waals surface area contributed by atoms with E-state index >= 15 is 0 Å². The molecule has 1 fully saturated rings. The lowest BCUT2D eigenvalue weighted by atomic mass is 9.99. The van der Waals surface area contributed by atoms with Gasteiger partial charge >= 0.3 is 12.0 Å². The Bertz CT molecular complexity index is 356. The molecule has 0 unspecified atom stereocenters. The molecule has 0 radical (unpaired) electrons. The standard InChI is InChI=1S/C12H18N2O3/c1-3-4-5-6-13-12(17)14-7-9(2)10(8-14)11(15)16/h9-10H,5-8H2,1-2H3,(H,13,17)(H,15,16)/t9-,10-/m1/s1. The van der Waals surface area contributed by atoms with E-state index in [0.29, 0.717) is 26.1 Å². The van der Waals surface area contributed by atoms with Gasteiger partial charge in [-0.3, -0.25) is 4.79 Å². The molecule has 0 spiro atoms. The van der Waals surface area contributed by atoms with Gasteiger partial charge in [-0.15, -0.1) is 11.8 Å². The fraction of sp³-hybridized carbons (Fsp3) is 0.667. The van der Waals surface area contributed by atoms with Gasteiger partial charge in [0.15, 0.2) is 0 Å². The van der Waals surface area contributed by atoms with Gasteiger partial charge in [-0.05, 0) is 12.8 Å². The maximum absolute atomic E-state index is 11.7. The molecule has 5 heteroatoms. The predicted octanol–water partition coefficient (Wildman–Crippen LogP) is 0.762. The summed E-state index contributed by atoms with van der Waals surface area (Å²) in [4.78, 5) is 24.2. The van der Waals surface area contributed by atoms with Gasteiger partial charge in [0.1, 0.15) is 0 Å². The molecule has 1 aliphatic heterocycles. The maximum atomic E-state index is 11.7. The summed E-state index contributed by atoms with van der Waals surface area (Å²) in [6.07, 6.45) is 0.619. The van der Waals surface area contributed by atoms with Crippen molar-refractivity contribution in [2.24, 2.45) is 11.8 Å². The highest BCUT2D eigenvalue weighted by Gasteiger charge is 2.36. The lowest BCUT2D eigenvalue weighted by molar-refractivity contribution is -0.142. The van der Waals surface area contributed by atoms with Gasteiger partial charge in [0.05, 0.1) is 5.92 Å². The van der Waals surface area contributed by atoms with Gasteiger partial charge < -0.3 is 15.3 Å². The molecule has 1 rings (SSSR count). The SMILES string of the molecule is CC#CCCNC(=O)N1C[C@@H](C)[C@H](C(=O)O)C1. The zero-order valence-electron chi connectivity index (χ0n) is 10.2. The Morgan fingerprint density at radius 3 is 2.71 bits per heavy atom. The van der Waals surface area contributed by atoms with Crippen LogP contribution >= 0.6 is 0 Å². The topological polar surface area (TPSA) is 69.6 Å². The van der Waals surface area contributed by atoms with Gasteiger partial charge in [0.2, 0.25) is 0 Å². The number of likely N-dealkylation sites (tertiary alicyclic amines) is 1. The van der Waals surface area contributed by atoms with Crippen molar-refractivity contribution in [1.82, 2.24) is 10.2 Å².